The topological polar surface area (TPSA) is 49.9 Å². The summed E-state index contributed by atoms with van der Waals surface area (Å²) in [4.78, 5) is 0. The molecule has 0 saturated heterocycles. The van der Waals surface area contributed by atoms with Crippen molar-refractivity contribution in [2.75, 3.05) is 0 Å². The standard InChI is InChI=1S/C11H18N2/c12-10-3-8-1-7-2-9(10)6-11(13,4-7)5-8/h7-9,12H,1-6,13H2. The summed E-state index contributed by atoms with van der Waals surface area (Å²) in [6.07, 6.45) is 7.24. The summed E-state index contributed by atoms with van der Waals surface area (Å²) in [5.41, 5.74) is 7.52. The molecule has 0 aromatic carbocycles. The van der Waals surface area contributed by atoms with Gasteiger partial charge in [-0.3, -0.25) is 0 Å². The van der Waals surface area contributed by atoms with Crippen molar-refractivity contribution in [1.82, 2.24) is 0 Å². The molecule has 0 aliphatic heterocycles. The maximum atomic E-state index is 8.00. The molecule has 0 amide bonds. The van der Waals surface area contributed by atoms with E-state index in [9.17, 15) is 0 Å². The summed E-state index contributed by atoms with van der Waals surface area (Å²) in [7, 11) is 0. The fourth-order valence-electron chi connectivity index (χ4n) is 4.09. The quantitative estimate of drug-likeness (QED) is 0.585. The van der Waals surface area contributed by atoms with Crippen molar-refractivity contribution in [1.29, 1.82) is 5.41 Å². The van der Waals surface area contributed by atoms with Crippen molar-refractivity contribution >= 4 is 5.71 Å². The molecule has 4 bridgehead atoms. The lowest BCUT2D eigenvalue weighted by atomic mass is 9.63. The molecule has 4 aliphatic carbocycles. The van der Waals surface area contributed by atoms with Crippen LogP contribution in [0.15, 0.2) is 0 Å². The van der Waals surface area contributed by atoms with Gasteiger partial charge < -0.3 is 11.1 Å². The Kier molecular flexibility index (Phi) is 1.44. The molecule has 4 aliphatic rings. The predicted molar refractivity (Wildman–Crippen MR) is 52.8 cm³/mol. The molecule has 13 heavy (non-hydrogen) atoms. The van der Waals surface area contributed by atoms with Crippen molar-refractivity contribution in [3.8, 4) is 0 Å². The third-order valence-electron chi connectivity index (χ3n) is 4.33. The molecule has 0 aromatic heterocycles. The van der Waals surface area contributed by atoms with E-state index in [2.05, 4.69) is 0 Å². The predicted octanol–water partition coefficient (Wildman–Crippen LogP) is 1.93. The van der Waals surface area contributed by atoms with Gasteiger partial charge in [0, 0.05) is 11.3 Å². The second kappa shape index (κ2) is 2.35. The Balaban J connectivity index is 2.00. The lowest BCUT2D eigenvalue weighted by Gasteiger charge is -2.45. The van der Waals surface area contributed by atoms with E-state index in [-0.39, 0.29) is 5.54 Å². The van der Waals surface area contributed by atoms with Crippen LogP contribution >= 0.6 is 0 Å². The van der Waals surface area contributed by atoms with Crippen molar-refractivity contribution in [2.45, 2.75) is 44.1 Å². The van der Waals surface area contributed by atoms with E-state index < -0.39 is 0 Å². The number of fused-ring (bicyclic) bond motifs is 1. The zero-order valence-corrected chi connectivity index (χ0v) is 8.05. The second-order valence-electron chi connectivity index (χ2n) is 5.60. The molecule has 4 fully saturated rings. The fourth-order valence-corrected chi connectivity index (χ4v) is 4.09. The van der Waals surface area contributed by atoms with Gasteiger partial charge in [-0.15, -0.1) is 0 Å². The Bertz CT molecular complexity index is 261. The number of rotatable bonds is 0. The molecule has 4 rings (SSSR count). The van der Waals surface area contributed by atoms with Crippen LogP contribution in [-0.4, -0.2) is 11.3 Å². The van der Waals surface area contributed by atoms with Crippen LogP contribution in [0.25, 0.3) is 0 Å². The van der Waals surface area contributed by atoms with E-state index in [1.807, 2.05) is 0 Å². The largest absolute Gasteiger partial charge is 0.325 e. The van der Waals surface area contributed by atoms with Crippen LogP contribution < -0.4 is 5.73 Å². The Morgan fingerprint density at radius 3 is 2.69 bits per heavy atom. The van der Waals surface area contributed by atoms with E-state index >= 15 is 0 Å². The number of nitrogens with one attached hydrogen (secondary N) is 1. The van der Waals surface area contributed by atoms with E-state index in [0.29, 0.717) is 5.92 Å². The maximum absolute atomic E-state index is 8.00. The molecule has 0 spiro atoms. The normalized spacial score (nSPS) is 53.9. The first-order chi connectivity index (χ1) is 6.15. The van der Waals surface area contributed by atoms with Gasteiger partial charge in [-0.1, -0.05) is 0 Å². The van der Waals surface area contributed by atoms with Crippen molar-refractivity contribution in [2.24, 2.45) is 23.5 Å². The van der Waals surface area contributed by atoms with Crippen LogP contribution in [0.1, 0.15) is 38.5 Å². The van der Waals surface area contributed by atoms with E-state index in [1.165, 1.54) is 25.7 Å². The van der Waals surface area contributed by atoms with Crippen LogP contribution in [0.5, 0.6) is 0 Å². The molecule has 72 valence electrons. The summed E-state index contributed by atoms with van der Waals surface area (Å²) in [5.74, 6) is 2.16. The Hall–Kier alpha value is -0.370. The first kappa shape index (κ1) is 7.98. The van der Waals surface area contributed by atoms with Crippen LogP contribution in [0, 0.1) is 23.2 Å². The minimum Gasteiger partial charge on any atom is -0.325 e. The summed E-state index contributed by atoms with van der Waals surface area (Å²) >= 11 is 0. The molecule has 0 radical (unpaired) electrons. The highest BCUT2D eigenvalue weighted by Gasteiger charge is 2.47. The van der Waals surface area contributed by atoms with Gasteiger partial charge in [0.05, 0.1) is 0 Å². The summed E-state index contributed by atoms with van der Waals surface area (Å²) in [5, 5.41) is 8.00. The highest BCUT2D eigenvalue weighted by atomic mass is 14.8. The highest BCUT2D eigenvalue weighted by Crippen LogP contribution is 2.50. The van der Waals surface area contributed by atoms with Crippen LogP contribution in [0.2, 0.25) is 0 Å². The fraction of sp³-hybridized carbons (Fsp3) is 0.909. The summed E-state index contributed by atoms with van der Waals surface area (Å²) in [6.45, 7) is 0. The first-order valence-corrected chi connectivity index (χ1v) is 5.51. The van der Waals surface area contributed by atoms with Gasteiger partial charge in [-0.05, 0) is 56.3 Å². The minimum absolute atomic E-state index is 0.124. The Morgan fingerprint density at radius 1 is 1.15 bits per heavy atom. The van der Waals surface area contributed by atoms with Gasteiger partial charge in [-0.2, -0.15) is 0 Å². The van der Waals surface area contributed by atoms with Gasteiger partial charge in [0.2, 0.25) is 0 Å². The molecule has 4 saturated carbocycles. The van der Waals surface area contributed by atoms with Crippen LogP contribution in [-0.2, 0) is 0 Å². The smallest absolute Gasteiger partial charge is 0.0166 e. The number of nitrogens with two attached hydrogens (primary N) is 1. The average Bonchev–Trinajstić information content (AvgIpc) is 2.12. The Morgan fingerprint density at radius 2 is 1.92 bits per heavy atom. The van der Waals surface area contributed by atoms with E-state index in [4.69, 9.17) is 11.1 Å². The second-order valence-corrected chi connectivity index (χ2v) is 5.60. The number of hydrogen-bond acceptors (Lipinski definition) is 2. The third kappa shape index (κ3) is 1.15. The molecule has 0 aromatic rings. The third-order valence-corrected chi connectivity index (χ3v) is 4.33. The van der Waals surface area contributed by atoms with Crippen molar-refractivity contribution in [3.05, 3.63) is 0 Å². The lowest BCUT2D eigenvalue weighted by Crippen LogP contribution is -2.50. The van der Waals surface area contributed by atoms with Gasteiger partial charge in [0.15, 0.2) is 0 Å². The average molecular weight is 178 g/mol. The first-order valence-electron chi connectivity index (χ1n) is 5.51. The molecular formula is C11H18N2. The van der Waals surface area contributed by atoms with E-state index in [1.54, 1.807) is 0 Å². The molecule has 2 nitrogen and oxygen atoms in total. The molecule has 2 heteroatoms. The summed E-state index contributed by atoms with van der Waals surface area (Å²) in [6, 6.07) is 0. The molecule has 3 N–H and O–H groups in total. The maximum Gasteiger partial charge on any atom is 0.0166 e. The number of hydrogen-bond donors (Lipinski definition) is 2. The van der Waals surface area contributed by atoms with Gasteiger partial charge in [0.1, 0.15) is 0 Å². The molecular weight excluding hydrogens is 160 g/mol. The molecule has 4 atom stereocenters. The lowest BCUT2D eigenvalue weighted by molar-refractivity contribution is 0.109. The van der Waals surface area contributed by atoms with E-state index in [0.717, 1.165) is 30.4 Å². The van der Waals surface area contributed by atoms with Gasteiger partial charge >= 0.3 is 0 Å². The molecule has 4 unspecified atom stereocenters. The zero-order chi connectivity index (χ0) is 9.05. The van der Waals surface area contributed by atoms with Crippen LogP contribution in [0.4, 0.5) is 0 Å². The van der Waals surface area contributed by atoms with Crippen molar-refractivity contribution in [3.63, 3.8) is 0 Å². The Labute approximate surface area is 79.4 Å². The zero-order valence-electron chi connectivity index (χ0n) is 8.05. The van der Waals surface area contributed by atoms with Crippen molar-refractivity contribution < 1.29 is 0 Å². The monoisotopic (exact) mass is 178 g/mol. The highest BCUT2D eigenvalue weighted by molar-refractivity contribution is 5.85. The van der Waals surface area contributed by atoms with Gasteiger partial charge in [-0.25, -0.2) is 0 Å². The van der Waals surface area contributed by atoms with Crippen LogP contribution in [0.3, 0.4) is 0 Å². The SMILES string of the molecule is N=C1CC2CC3CC1CC(N)(C2)C3. The summed E-state index contributed by atoms with van der Waals surface area (Å²) < 4.78 is 0. The minimum atomic E-state index is 0.124. The van der Waals surface area contributed by atoms with Gasteiger partial charge in [0.25, 0.3) is 0 Å². The molecule has 0 heterocycles.